The zero-order valence-electron chi connectivity index (χ0n) is 22.8. The molecule has 0 spiro atoms. The number of ether oxygens (including phenoxy) is 4. The molecule has 1 fully saturated rings. The van der Waals surface area contributed by atoms with Crippen LogP contribution in [0.25, 0.3) is 11.1 Å². The molecule has 0 bridgehead atoms. The Bertz CT molecular complexity index is 913. The van der Waals surface area contributed by atoms with Crippen LogP contribution < -0.4 is 4.74 Å². The Kier molecular flexibility index (Phi) is 14.0. The van der Waals surface area contributed by atoms with E-state index in [9.17, 15) is 8.78 Å². The summed E-state index contributed by atoms with van der Waals surface area (Å²) in [6.45, 7) is 4.44. The average molecular weight is 535 g/mol. The Balaban J connectivity index is 1.40. The first kappa shape index (κ1) is 30.5. The number of rotatable bonds is 18. The molecule has 1 aliphatic rings. The van der Waals surface area contributed by atoms with Crippen molar-refractivity contribution < 1.29 is 32.8 Å². The van der Waals surface area contributed by atoms with Crippen molar-refractivity contribution in [1.82, 2.24) is 0 Å². The standard InChI is InChI=1S/C31H44F2O5/c1-2-3-4-5-24-6-8-25(9-7-24)26-10-12-27(13-11-26)28-14-15-29(31(33)30(28)32)38-23-22-37-21-20-36-19-18-35-17-16-34/h10-15,24-25,34H,2-9,16-23H2,1H3. The maximum Gasteiger partial charge on any atom is 0.201 e. The first-order valence-electron chi connectivity index (χ1n) is 14.2. The van der Waals surface area contributed by atoms with E-state index in [0.717, 1.165) is 5.92 Å². The molecular formula is C31H44F2O5. The number of aliphatic hydroxyl groups excluding tert-OH is 1. The predicted molar refractivity (Wildman–Crippen MR) is 146 cm³/mol. The van der Waals surface area contributed by atoms with Crippen LogP contribution in [-0.4, -0.2) is 58.0 Å². The van der Waals surface area contributed by atoms with Gasteiger partial charge in [-0.15, -0.1) is 0 Å². The first-order valence-corrected chi connectivity index (χ1v) is 14.2. The maximum absolute atomic E-state index is 14.9. The molecule has 0 unspecified atom stereocenters. The molecule has 0 amide bonds. The van der Waals surface area contributed by atoms with Crippen molar-refractivity contribution in [3.8, 4) is 16.9 Å². The Morgan fingerprint density at radius 3 is 2.00 bits per heavy atom. The van der Waals surface area contributed by atoms with E-state index < -0.39 is 11.6 Å². The highest BCUT2D eigenvalue weighted by Crippen LogP contribution is 2.38. The van der Waals surface area contributed by atoms with E-state index >= 15 is 0 Å². The zero-order valence-corrected chi connectivity index (χ0v) is 22.8. The summed E-state index contributed by atoms with van der Waals surface area (Å²) in [5, 5.41) is 8.61. The molecule has 0 aromatic heterocycles. The van der Waals surface area contributed by atoms with Crippen molar-refractivity contribution in [1.29, 1.82) is 0 Å². The predicted octanol–water partition coefficient (Wildman–Crippen LogP) is 6.91. The third-order valence-electron chi connectivity index (χ3n) is 7.27. The summed E-state index contributed by atoms with van der Waals surface area (Å²) in [6, 6.07) is 11.0. The molecule has 3 rings (SSSR count). The van der Waals surface area contributed by atoms with Gasteiger partial charge in [0.25, 0.3) is 0 Å². The van der Waals surface area contributed by atoms with Gasteiger partial charge in [0.2, 0.25) is 5.82 Å². The fourth-order valence-corrected chi connectivity index (χ4v) is 5.09. The summed E-state index contributed by atoms with van der Waals surface area (Å²) < 4.78 is 50.7. The Labute approximate surface area is 226 Å². The van der Waals surface area contributed by atoms with Crippen LogP contribution in [0.2, 0.25) is 0 Å². The SMILES string of the molecule is CCCCCC1CCC(c2ccc(-c3ccc(OCCOCCOCCOCCO)c(F)c3F)cc2)CC1. The largest absolute Gasteiger partial charge is 0.488 e. The molecule has 2 aromatic rings. The molecule has 1 saturated carbocycles. The third kappa shape index (κ3) is 9.92. The smallest absolute Gasteiger partial charge is 0.201 e. The number of aliphatic hydroxyl groups is 1. The van der Waals surface area contributed by atoms with E-state index in [-0.39, 0.29) is 31.1 Å². The van der Waals surface area contributed by atoms with Crippen LogP contribution in [0.15, 0.2) is 36.4 Å². The Morgan fingerprint density at radius 1 is 0.737 bits per heavy atom. The molecule has 2 aromatic carbocycles. The van der Waals surface area contributed by atoms with Gasteiger partial charge in [0, 0.05) is 5.56 Å². The van der Waals surface area contributed by atoms with Crippen LogP contribution in [0.4, 0.5) is 8.78 Å². The van der Waals surface area contributed by atoms with Gasteiger partial charge >= 0.3 is 0 Å². The molecule has 7 heteroatoms. The molecular weight excluding hydrogens is 490 g/mol. The van der Waals surface area contributed by atoms with Crippen molar-refractivity contribution in [2.75, 3.05) is 52.9 Å². The molecule has 1 aliphatic carbocycles. The summed E-state index contributed by atoms with van der Waals surface area (Å²) in [6.07, 6.45) is 10.3. The maximum atomic E-state index is 14.9. The highest BCUT2D eigenvalue weighted by atomic mass is 19.2. The van der Waals surface area contributed by atoms with E-state index in [1.807, 2.05) is 12.1 Å². The van der Waals surface area contributed by atoms with Gasteiger partial charge < -0.3 is 24.1 Å². The minimum absolute atomic E-state index is 0.0104. The highest BCUT2D eigenvalue weighted by molar-refractivity contribution is 5.65. The van der Waals surface area contributed by atoms with E-state index in [4.69, 9.17) is 24.1 Å². The molecule has 1 N–H and O–H groups in total. The Hall–Kier alpha value is -2.06. The van der Waals surface area contributed by atoms with Crippen molar-refractivity contribution in [2.24, 2.45) is 5.92 Å². The lowest BCUT2D eigenvalue weighted by atomic mass is 9.77. The van der Waals surface area contributed by atoms with Gasteiger partial charge in [-0.05, 0) is 60.8 Å². The first-order chi connectivity index (χ1) is 18.6. The number of halogens is 2. The third-order valence-corrected chi connectivity index (χ3v) is 7.27. The van der Waals surface area contributed by atoms with E-state index in [2.05, 4.69) is 19.1 Å². The summed E-state index contributed by atoms with van der Waals surface area (Å²) in [7, 11) is 0. The van der Waals surface area contributed by atoms with Gasteiger partial charge in [0.15, 0.2) is 11.6 Å². The zero-order chi connectivity index (χ0) is 27.0. The monoisotopic (exact) mass is 534 g/mol. The van der Waals surface area contributed by atoms with Gasteiger partial charge in [0.1, 0.15) is 6.61 Å². The van der Waals surface area contributed by atoms with Crippen LogP contribution in [0, 0.1) is 17.6 Å². The number of hydrogen-bond donors (Lipinski definition) is 1. The van der Waals surface area contributed by atoms with E-state index in [1.54, 1.807) is 6.07 Å². The van der Waals surface area contributed by atoms with E-state index in [0.29, 0.717) is 44.5 Å². The summed E-state index contributed by atoms with van der Waals surface area (Å²) in [5.74, 6) is -0.591. The van der Waals surface area contributed by atoms with Crippen LogP contribution in [0.1, 0.15) is 69.8 Å². The molecule has 0 saturated heterocycles. The molecule has 5 nitrogen and oxygen atoms in total. The van der Waals surface area contributed by atoms with Gasteiger partial charge in [-0.1, -0.05) is 56.9 Å². The fourth-order valence-electron chi connectivity index (χ4n) is 5.09. The lowest BCUT2D eigenvalue weighted by Crippen LogP contribution is -2.13. The second-order valence-corrected chi connectivity index (χ2v) is 9.98. The van der Waals surface area contributed by atoms with Gasteiger partial charge in [-0.2, -0.15) is 4.39 Å². The summed E-state index contributed by atoms with van der Waals surface area (Å²) in [4.78, 5) is 0. The lowest BCUT2D eigenvalue weighted by Gasteiger charge is -2.29. The highest BCUT2D eigenvalue weighted by Gasteiger charge is 2.22. The molecule has 0 radical (unpaired) electrons. The van der Waals surface area contributed by atoms with Gasteiger partial charge in [0.05, 0.1) is 46.2 Å². The molecule has 38 heavy (non-hydrogen) atoms. The Morgan fingerprint density at radius 2 is 1.37 bits per heavy atom. The van der Waals surface area contributed by atoms with Gasteiger partial charge in [-0.25, -0.2) is 4.39 Å². The fraction of sp³-hybridized carbons (Fsp3) is 0.613. The lowest BCUT2D eigenvalue weighted by molar-refractivity contribution is 0.00343. The number of benzene rings is 2. The second-order valence-electron chi connectivity index (χ2n) is 9.98. The van der Waals surface area contributed by atoms with Crippen LogP contribution in [0.5, 0.6) is 5.75 Å². The minimum atomic E-state index is -0.987. The summed E-state index contributed by atoms with van der Waals surface area (Å²) >= 11 is 0. The van der Waals surface area contributed by atoms with Crippen LogP contribution in [0.3, 0.4) is 0 Å². The second kappa shape index (κ2) is 17.5. The molecule has 0 heterocycles. The average Bonchev–Trinajstić information content (AvgIpc) is 2.95. The van der Waals surface area contributed by atoms with Crippen LogP contribution in [-0.2, 0) is 14.2 Å². The summed E-state index contributed by atoms with van der Waals surface area (Å²) in [5.41, 5.74) is 2.19. The van der Waals surface area contributed by atoms with Crippen molar-refractivity contribution >= 4 is 0 Å². The van der Waals surface area contributed by atoms with Gasteiger partial charge in [-0.3, -0.25) is 0 Å². The van der Waals surface area contributed by atoms with E-state index in [1.165, 1.54) is 63.0 Å². The quantitative estimate of drug-likeness (QED) is 0.211. The molecule has 0 aliphatic heterocycles. The molecule has 212 valence electrons. The number of hydrogen-bond acceptors (Lipinski definition) is 5. The van der Waals surface area contributed by atoms with Crippen molar-refractivity contribution in [3.05, 3.63) is 53.6 Å². The molecule has 0 atom stereocenters. The topological polar surface area (TPSA) is 57.2 Å². The van der Waals surface area contributed by atoms with Crippen LogP contribution >= 0.6 is 0 Å². The minimum Gasteiger partial charge on any atom is -0.488 e. The van der Waals surface area contributed by atoms with Crippen molar-refractivity contribution in [2.45, 2.75) is 64.2 Å². The number of unbranched alkanes of at least 4 members (excludes halogenated alkanes) is 2. The normalized spacial score (nSPS) is 17.6. The van der Waals surface area contributed by atoms with Crippen molar-refractivity contribution in [3.63, 3.8) is 0 Å².